The Morgan fingerprint density at radius 2 is 2.36 bits per heavy atom. The van der Waals surface area contributed by atoms with Gasteiger partial charge in [0.2, 0.25) is 5.95 Å². The van der Waals surface area contributed by atoms with Gasteiger partial charge >= 0.3 is 7.67 Å². The van der Waals surface area contributed by atoms with Gasteiger partial charge in [-0.1, -0.05) is 0 Å². The van der Waals surface area contributed by atoms with Crippen LogP contribution in [0.2, 0.25) is 0 Å². The number of aromatic nitrogens is 3. The first kappa shape index (κ1) is 11.2. The summed E-state index contributed by atoms with van der Waals surface area (Å²) in [5.74, 6) is 0.0792. The van der Waals surface area contributed by atoms with Crippen LogP contribution in [0, 0.1) is 0 Å². The molecule has 0 fully saturated rings. The summed E-state index contributed by atoms with van der Waals surface area (Å²) in [4.78, 5) is 3.70. The zero-order valence-corrected chi connectivity index (χ0v) is 9.31. The lowest BCUT2D eigenvalue weighted by Gasteiger charge is -2.23. The maximum Gasteiger partial charge on any atom is 0.393 e. The van der Waals surface area contributed by atoms with Gasteiger partial charge in [0, 0.05) is 0 Å². The summed E-state index contributed by atoms with van der Waals surface area (Å²) < 4.78 is 20.0. The van der Waals surface area contributed by atoms with Crippen LogP contribution in [-0.4, -0.2) is 39.9 Å². The molecule has 0 aliphatic carbocycles. The average Bonchev–Trinajstić information content (AvgIpc) is 2.51. The van der Waals surface area contributed by atoms with E-state index in [4.69, 9.17) is 10.3 Å². The van der Waals surface area contributed by atoms with Gasteiger partial charge in [-0.05, 0) is 21.0 Å². The van der Waals surface area contributed by atoms with Crippen LogP contribution in [-0.2, 0) is 9.09 Å². The predicted molar refractivity (Wildman–Crippen MR) is 52.8 cm³/mol. The first-order chi connectivity index (χ1) is 6.52. The zero-order chi connectivity index (χ0) is 10.8. The molecular formula is C6H14N5O2P. The van der Waals surface area contributed by atoms with Crippen molar-refractivity contribution in [2.24, 2.45) is 0 Å². The maximum absolute atomic E-state index is 12.3. The molecule has 1 atom stereocenters. The van der Waals surface area contributed by atoms with Crippen molar-refractivity contribution in [1.29, 1.82) is 0 Å². The molecular weight excluding hydrogens is 205 g/mol. The molecule has 1 aromatic heterocycles. The van der Waals surface area contributed by atoms with E-state index in [9.17, 15) is 4.57 Å². The van der Waals surface area contributed by atoms with Crippen LogP contribution in [0.3, 0.4) is 0 Å². The molecule has 0 aromatic carbocycles. The van der Waals surface area contributed by atoms with E-state index in [-0.39, 0.29) is 5.95 Å². The molecule has 0 aliphatic heterocycles. The van der Waals surface area contributed by atoms with Crippen LogP contribution in [0.1, 0.15) is 6.92 Å². The van der Waals surface area contributed by atoms with E-state index in [2.05, 4.69) is 10.1 Å². The van der Waals surface area contributed by atoms with Crippen LogP contribution in [0.25, 0.3) is 0 Å². The quantitative estimate of drug-likeness (QED) is 0.738. The molecule has 0 aliphatic rings. The van der Waals surface area contributed by atoms with Gasteiger partial charge in [0.05, 0.1) is 6.61 Å². The fourth-order valence-corrected chi connectivity index (χ4v) is 2.45. The highest BCUT2D eigenvalue weighted by Crippen LogP contribution is 2.50. The normalized spacial score (nSPS) is 15.7. The van der Waals surface area contributed by atoms with Crippen molar-refractivity contribution in [2.45, 2.75) is 6.92 Å². The summed E-state index contributed by atoms with van der Waals surface area (Å²) in [6.45, 7) is 2.07. The molecule has 0 saturated carbocycles. The number of rotatable bonds is 4. The molecule has 1 rings (SSSR count). The fraction of sp³-hybridized carbons (Fsp3) is 0.667. The molecule has 80 valence electrons. The molecule has 0 radical (unpaired) electrons. The van der Waals surface area contributed by atoms with Crippen molar-refractivity contribution in [1.82, 2.24) is 19.2 Å². The Bertz CT molecular complexity index is 350. The molecule has 8 heteroatoms. The Morgan fingerprint density at radius 1 is 1.71 bits per heavy atom. The summed E-state index contributed by atoms with van der Waals surface area (Å²) in [5, 5.41) is 3.78. The highest BCUT2D eigenvalue weighted by atomic mass is 31.2. The van der Waals surface area contributed by atoms with Gasteiger partial charge in [-0.15, -0.1) is 9.55 Å². The van der Waals surface area contributed by atoms with Gasteiger partial charge in [-0.25, -0.2) is 9.24 Å². The Morgan fingerprint density at radius 3 is 2.71 bits per heavy atom. The smallest absolute Gasteiger partial charge is 0.368 e. The van der Waals surface area contributed by atoms with E-state index < -0.39 is 7.67 Å². The second-order valence-corrected chi connectivity index (χ2v) is 5.18. The molecule has 0 saturated heterocycles. The number of nitrogen functional groups attached to an aromatic ring is 1. The average molecular weight is 219 g/mol. The van der Waals surface area contributed by atoms with Gasteiger partial charge < -0.3 is 10.3 Å². The summed E-state index contributed by atoms with van der Waals surface area (Å²) in [6, 6.07) is 0. The molecule has 2 N–H and O–H groups in total. The lowest BCUT2D eigenvalue weighted by molar-refractivity contribution is 0.286. The highest BCUT2D eigenvalue weighted by molar-refractivity contribution is 7.54. The number of nitrogens with zero attached hydrogens (tertiary/aromatic N) is 4. The SMILES string of the molecule is CCOP(=O)(N(C)C)n1ncnc1N. The van der Waals surface area contributed by atoms with Crippen molar-refractivity contribution in [2.75, 3.05) is 26.4 Å². The number of anilines is 1. The molecule has 1 unspecified atom stereocenters. The second-order valence-electron chi connectivity index (χ2n) is 2.76. The molecule has 1 aromatic rings. The van der Waals surface area contributed by atoms with Crippen LogP contribution in [0.4, 0.5) is 5.95 Å². The summed E-state index contributed by atoms with van der Waals surface area (Å²) in [5.41, 5.74) is 5.51. The van der Waals surface area contributed by atoms with E-state index in [1.54, 1.807) is 21.0 Å². The maximum atomic E-state index is 12.3. The van der Waals surface area contributed by atoms with Crippen molar-refractivity contribution in [3.8, 4) is 0 Å². The monoisotopic (exact) mass is 219 g/mol. The molecule has 0 bridgehead atoms. The topological polar surface area (TPSA) is 86.3 Å². The minimum absolute atomic E-state index is 0.0792. The van der Waals surface area contributed by atoms with Crippen molar-refractivity contribution < 1.29 is 9.09 Å². The first-order valence-corrected chi connectivity index (χ1v) is 5.64. The Labute approximate surface area is 82.4 Å². The van der Waals surface area contributed by atoms with E-state index in [1.165, 1.54) is 11.0 Å². The van der Waals surface area contributed by atoms with Crippen LogP contribution < -0.4 is 5.73 Å². The fourth-order valence-electron chi connectivity index (χ4n) is 0.947. The largest absolute Gasteiger partial charge is 0.393 e. The van der Waals surface area contributed by atoms with Gasteiger partial charge in [-0.3, -0.25) is 0 Å². The molecule has 1 heterocycles. The molecule has 14 heavy (non-hydrogen) atoms. The Balaban J connectivity index is 3.13. The minimum Gasteiger partial charge on any atom is -0.368 e. The first-order valence-electron chi connectivity index (χ1n) is 4.11. The van der Waals surface area contributed by atoms with Crippen LogP contribution in [0.15, 0.2) is 6.33 Å². The van der Waals surface area contributed by atoms with Gasteiger partial charge in [-0.2, -0.15) is 4.98 Å². The van der Waals surface area contributed by atoms with E-state index in [0.29, 0.717) is 6.61 Å². The van der Waals surface area contributed by atoms with Crippen LogP contribution >= 0.6 is 7.67 Å². The molecule has 7 nitrogen and oxygen atoms in total. The third kappa shape index (κ3) is 1.79. The van der Waals surface area contributed by atoms with Crippen molar-refractivity contribution in [3.63, 3.8) is 0 Å². The van der Waals surface area contributed by atoms with Crippen molar-refractivity contribution in [3.05, 3.63) is 6.33 Å². The highest BCUT2D eigenvalue weighted by Gasteiger charge is 2.31. The minimum atomic E-state index is -3.18. The molecule has 0 spiro atoms. The summed E-state index contributed by atoms with van der Waals surface area (Å²) in [6.07, 6.45) is 1.24. The lowest BCUT2D eigenvalue weighted by Crippen LogP contribution is -2.19. The van der Waals surface area contributed by atoms with Crippen molar-refractivity contribution >= 4 is 13.6 Å². The number of nitrogens with two attached hydrogens (primary N) is 1. The third-order valence-electron chi connectivity index (χ3n) is 1.60. The molecule has 0 amide bonds. The third-order valence-corrected chi connectivity index (χ3v) is 3.99. The predicted octanol–water partition coefficient (Wildman–Crippen LogP) is 0.415. The lowest BCUT2D eigenvalue weighted by atomic mass is 10.9. The van der Waals surface area contributed by atoms with E-state index in [0.717, 1.165) is 4.45 Å². The van der Waals surface area contributed by atoms with Gasteiger partial charge in [0.1, 0.15) is 6.33 Å². The Kier molecular flexibility index (Phi) is 3.25. The number of hydrogen-bond acceptors (Lipinski definition) is 5. The zero-order valence-electron chi connectivity index (χ0n) is 8.41. The van der Waals surface area contributed by atoms with E-state index >= 15 is 0 Å². The number of hydrogen-bond donors (Lipinski definition) is 1. The van der Waals surface area contributed by atoms with Crippen LogP contribution in [0.5, 0.6) is 0 Å². The van der Waals surface area contributed by atoms with Gasteiger partial charge in [0.25, 0.3) is 0 Å². The van der Waals surface area contributed by atoms with E-state index in [1.807, 2.05) is 0 Å². The standard InChI is InChI=1S/C6H14N5O2P/c1-4-13-14(12,10(2)3)11-6(7)8-5-9-11/h5H,4H2,1-3H3,(H2,7,8,9). The summed E-state index contributed by atoms with van der Waals surface area (Å²) >= 11 is 0. The summed E-state index contributed by atoms with van der Waals surface area (Å²) in [7, 11) is 0.0908. The second kappa shape index (κ2) is 4.08. The van der Waals surface area contributed by atoms with Gasteiger partial charge in [0.15, 0.2) is 0 Å². The Hall–Kier alpha value is -0.910.